The van der Waals surface area contributed by atoms with Gasteiger partial charge < -0.3 is 34.3 Å². The van der Waals surface area contributed by atoms with Gasteiger partial charge in [-0.15, -0.1) is 0 Å². The second-order valence-corrected chi connectivity index (χ2v) is 13.6. The number of amides is 2. The van der Waals surface area contributed by atoms with Crippen LogP contribution < -0.4 is 10.6 Å². The summed E-state index contributed by atoms with van der Waals surface area (Å²) in [6.45, 7) is 5.88. The highest BCUT2D eigenvalue weighted by Crippen LogP contribution is 2.60. The van der Waals surface area contributed by atoms with Gasteiger partial charge in [-0.25, -0.2) is 19.4 Å². The van der Waals surface area contributed by atoms with Crippen molar-refractivity contribution in [2.75, 3.05) is 13.7 Å². The van der Waals surface area contributed by atoms with Crippen molar-refractivity contribution in [2.24, 2.45) is 23.7 Å². The maximum atomic E-state index is 13.8. The summed E-state index contributed by atoms with van der Waals surface area (Å²) < 4.78 is 29.7. The summed E-state index contributed by atoms with van der Waals surface area (Å²) in [6.07, 6.45) is 1.34. The van der Waals surface area contributed by atoms with Crippen molar-refractivity contribution in [1.29, 1.82) is 0 Å². The summed E-state index contributed by atoms with van der Waals surface area (Å²) >= 11 is 0. The molecule has 2 amide bonds. The second-order valence-electron chi connectivity index (χ2n) is 13.6. The van der Waals surface area contributed by atoms with Gasteiger partial charge in [-0.05, 0) is 49.1 Å². The standard InChI is InChI=1S/C36H46N2O10/c1-22-15-16-27-23(2)32(45-33-36(27)26(22)17-18-35(3,46-33)47-48-36)43-21-29(38-34(41)44-20-25-13-9-6-10-14-25)30(39)37-28(31(40)42-4)19-24-11-7-5-8-12-24/h5-14,22-23,26-29,32-33H,15-21H2,1-4H3,(H,37,39)(H,38,41)/t22-,23-,26+,27+,28+,29+,32+,33-,35-,36?/m1/s1. The van der Waals surface area contributed by atoms with Crippen LogP contribution in [0.4, 0.5) is 4.79 Å². The van der Waals surface area contributed by atoms with E-state index in [2.05, 4.69) is 17.6 Å². The number of esters is 1. The molecule has 5 aliphatic rings. The number of hydrogen-bond acceptors (Lipinski definition) is 10. The fourth-order valence-corrected chi connectivity index (χ4v) is 7.80. The third-order valence-electron chi connectivity index (χ3n) is 10.4. The van der Waals surface area contributed by atoms with Gasteiger partial charge in [0.25, 0.3) is 0 Å². The quantitative estimate of drug-likeness (QED) is 0.262. The molecule has 0 radical (unpaired) electrons. The van der Waals surface area contributed by atoms with Crippen LogP contribution in [0.2, 0.25) is 0 Å². The molecule has 7 rings (SSSR count). The summed E-state index contributed by atoms with van der Waals surface area (Å²) in [5, 5.41) is 5.38. The molecule has 2 aromatic carbocycles. The molecule has 0 aromatic heterocycles. The Labute approximate surface area is 281 Å². The summed E-state index contributed by atoms with van der Waals surface area (Å²) in [7, 11) is 1.26. The van der Waals surface area contributed by atoms with Crippen LogP contribution in [0.5, 0.6) is 0 Å². The topological polar surface area (TPSA) is 140 Å². The number of carbonyl (C=O) groups is 3. The molecule has 12 heteroatoms. The molecule has 4 saturated heterocycles. The lowest BCUT2D eigenvalue weighted by molar-refractivity contribution is -0.577. The van der Waals surface area contributed by atoms with Crippen molar-refractivity contribution in [1.82, 2.24) is 10.6 Å². The number of alkyl carbamates (subject to hydrolysis) is 1. The van der Waals surface area contributed by atoms with Crippen LogP contribution in [-0.4, -0.2) is 67.7 Å². The van der Waals surface area contributed by atoms with Gasteiger partial charge in [0.15, 0.2) is 18.2 Å². The number of rotatable bonds is 11. The largest absolute Gasteiger partial charge is 0.467 e. The molecule has 12 nitrogen and oxygen atoms in total. The Bertz CT molecular complexity index is 1430. The molecule has 2 N–H and O–H groups in total. The van der Waals surface area contributed by atoms with Crippen LogP contribution in [0.3, 0.4) is 0 Å². The number of nitrogens with one attached hydrogen (secondary N) is 2. The van der Waals surface area contributed by atoms with Gasteiger partial charge in [-0.1, -0.05) is 74.5 Å². The van der Waals surface area contributed by atoms with E-state index >= 15 is 0 Å². The van der Waals surface area contributed by atoms with E-state index in [0.29, 0.717) is 12.3 Å². The van der Waals surface area contributed by atoms with E-state index in [9.17, 15) is 14.4 Å². The average molecular weight is 667 g/mol. The molecule has 1 spiro atoms. The third kappa shape index (κ3) is 7.09. The first-order valence-corrected chi connectivity index (χ1v) is 16.8. The fourth-order valence-electron chi connectivity index (χ4n) is 7.80. The third-order valence-corrected chi connectivity index (χ3v) is 10.4. The van der Waals surface area contributed by atoms with Crippen molar-refractivity contribution in [3.05, 3.63) is 71.8 Å². The molecule has 5 fully saturated rings. The first-order valence-electron chi connectivity index (χ1n) is 16.8. The SMILES string of the molecule is COC(=O)[C@H](Cc1ccccc1)NC(=O)[C@H](CO[C@H]1O[C@@H]2O[C@@]3(C)CC[C@H]4[C@H](C)CC[C@@H]([C@H]1C)C24OO3)NC(=O)OCc1ccccc1. The van der Waals surface area contributed by atoms with Gasteiger partial charge in [0.2, 0.25) is 11.7 Å². The number of benzene rings is 2. The Morgan fingerprint density at radius 2 is 1.60 bits per heavy atom. The van der Waals surface area contributed by atoms with Crippen LogP contribution in [0.15, 0.2) is 60.7 Å². The molecule has 1 saturated carbocycles. The van der Waals surface area contributed by atoms with Gasteiger partial charge in [0.05, 0.1) is 13.7 Å². The van der Waals surface area contributed by atoms with Crippen molar-refractivity contribution >= 4 is 18.0 Å². The van der Waals surface area contributed by atoms with E-state index in [1.165, 1.54) is 7.11 Å². The van der Waals surface area contributed by atoms with Crippen LogP contribution in [0, 0.1) is 23.7 Å². The van der Waals surface area contributed by atoms with E-state index in [1.54, 1.807) is 0 Å². The maximum Gasteiger partial charge on any atom is 0.408 e. The Morgan fingerprint density at radius 1 is 0.896 bits per heavy atom. The van der Waals surface area contributed by atoms with E-state index in [1.807, 2.05) is 74.5 Å². The molecule has 48 heavy (non-hydrogen) atoms. The van der Waals surface area contributed by atoms with Crippen LogP contribution in [0.25, 0.3) is 0 Å². The van der Waals surface area contributed by atoms with Crippen molar-refractivity contribution in [3.8, 4) is 0 Å². The zero-order valence-corrected chi connectivity index (χ0v) is 27.9. The van der Waals surface area contributed by atoms with Crippen LogP contribution in [-0.2, 0) is 56.1 Å². The van der Waals surface area contributed by atoms with E-state index in [4.69, 9.17) is 33.5 Å². The summed E-state index contributed by atoms with van der Waals surface area (Å²) in [6, 6.07) is 16.2. The van der Waals surface area contributed by atoms with Gasteiger partial charge in [-0.2, -0.15) is 0 Å². The van der Waals surface area contributed by atoms with Crippen molar-refractivity contribution in [3.63, 3.8) is 0 Å². The van der Waals surface area contributed by atoms with Gasteiger partial charge in [0.1, 0.15) is 18.7 Å². The minimum Gasteiger partial charge on any atom is -0.467 e. The molecule has 10 atom stereocenters. The van der Waals surface area contributed by atoms with Crippen LogP contribution >= 0.6 is 0 Å². The Kier molecular flexibility index (Phi) is 10.4. The molecule has 2 bridgehead atoms. The smallest absolute Gasteiger partial charge is 0.408 e. The van der Waals surface area contributed by atoms with Gasteiger partial charge >= 0.3 is 12.1 Å². The molecular weight excluding hydrogens is 620 g/mol. The first-order chi connectivity index (χ1) is 23.1. The first kappa shape index (κ1) is 34.3. The lowest BCUT2D eigenvalue weighted by Gasteiger charge is -2.60. The van der Waals surface area contributed by atoms with Crippen LogP contribution in [0.1, 0.15) is 57.6 Å². The maximum absolute atomic E-state index is 13.8. The highest BCUT2D eigenvalue weighted by atomic mass is 17.3. The number of fused-ring (bicyclic) bond motifs is 2. The summed E-state index contributed by atoms with van der Waals surface area (Å²) in [5.74, 6) is -1.76. The number of hydrogen-bond donors (Lipinski definition) is 2. The second kappa shape index (κ2) is 14.5. The predicted octanol–water partition coefficient (Wildman–Crippen LogP) is 4.41. The molecule has 4 aliphatic heterocycles. The molecule has 2 aromatic rings. The number of ether oxygens (including phenoxy) is 5. The molecule has 260 valence electrons. The minimum absolute atomic E-state index is 0.00659. The fraction of sp³-hybridized carbons (Fsp3) is 0.583. The van der Waals surface area contributed by atoms with E-state index in [-0.39, 0.29) is 37.4 Å². The number of methoxy groups -OCH3 is 1. The highest BCUT2D eigenvalue weighted by molar-refractivity contribution is 5.89. The molecular formula is C36H46N2O10. The Hall–Kier alpha value is -3.55. The van der Waals surface area contributed by atoms with Crippen molar-refractivity contribution in [2.45, 2.75) is 95.5 Å². The average Bonchev–Trinajstić information content (AvgIpc) is 3.33. The summed E-state index contributed by atoms with van der Waals surface area (Å²) in [4.78, 5) is 51.6. The molecule has 1 aliphatic carbocycles. The monoisotopic (exact) mass is 666 g/mol. The Morgan fingerprint density at radius 3 is 2.31 bits per heavy atom. The number of carbonyl (C=O) groups excluding carboxylic acids is 3. The van der Waals surface area contributed by atoms with E-state index < -0.39 is 54.0 Å². The molecule has 1 unspecified atom stereocenters. The molecule has 4 heterocycles. The highest BCUT2D eigenvalue weighted by Gasteiger charge is 2.69. The predicted molar refractivity (Wildman–Crippen MR) is 170 cm³/mol. The zero-order chi connectivity index (χ0) is 33.9. The lowest BCUT2D eigenvalue weighted by Crippen LogP contribution is -2.70. The van der Waals surface area contributed by atoms with E-state index in [0.717, 1.165) is 30.4 Å². The Balaban J connectivity index is 1.18. The van der Waals surface area contributed by atoms with Gasteiger partial charge in [0, 0.05) is 24.7 Å². The normalized spacial score (nSPS) is 33.3. The van der Waals surface area contributed by atoms with Crippen molar-refractivity contribution < 1.29 is 47.8 Å². The zero-order valence-electron chi connectivity index (χ0n) is 27.9. The summed E-state index contributed by atoms with van der Waals surface area (Å²) in [5.41, 5.74) is 0.843. The lowest BCUT2D eigenvalue weighted by atomic mass is 9.58. The minimum atomic E-state index is -1.23. The van der Waals surface area contributed by atoms with Gasteiger partial charge in [-0.3, -0.25) is 4.79 Å².